The topological polar surface area (TPSA) is 46.5 Å². The molecule has 0 aromatic rings. The second-order valence-corrected chi connectivity index (χ2v) is 7.23. The van der Waals surface area contributed by atoms with E-state index in [9.17, 15) is 4.79 Å². The highest BCUT2D eigenvalue weighted by Crippen LogP contribution is 2.34. The Labute approximate surface area is 139 Å². The lowest BCUT2D eigenvalue weighted by atomic mass is 9.90. The maximum Gasteiger partial charge on any atom is 0.303 e. The Morgan fingerprint density at radius 2 is 2.00 bits per heavy atom. The second kappa shape index (κ2) is 13.0. The summed E-state index contributed by atoms with van der Waals surface area (Å²) in [6.45, 7) is 4.05. The van der Waals surface area contributed by atoms with Gasteiger partial charge in [-0.15, -0.1) is 0 Å². The van der Waals surface area contributed by atoms with Gasteiger partial charge in [0.25, 0.3) is 0 Å². The molecule has 0 bridgehead atoms. The molecule has 1 heterocycles. The molecule has 1 N–H and O–H groups in total. The van der Waals surface area contributed by atoms with Gasteiger partial charge in [-0.2, -0.15) is 11.8 Å². The number of hydrogen-bond acceptors (Lipinski definition) is 3. The number of carboxylic acids is 1. The van der Waals surface area contributed by atoms with Crippen molar-refractivity contribution in [3.63, 3.8) is 0 Å². The van der Waals surface area contributed by atoms with E-state index in [1.54, 1.807) is 0 Å². The zero-order valence-corrected chi connectivity index (χ0v) is 14.8. The lowest BCUT2D eigenvalue weighted by molar-refractivity contribution is -0.137. The summed E-state index contributed by atoms with van der Waals surface area (Å²) in [4.78, 5) is 10.4. The van der Waals surface area contributed by atoms with Crippen molar-refractivity contribution in [1.82, 2.24) is 0 Å². The van der Waals surface area contributed by atoms with Crippen LogP contribution in [0.1, 0.15) is 58.3 Å². The van der Waals surface area contributed by atoms with E-state index in [1.807, 2.05) is 0 Å². The van der Waals surface area contributed by atoms with Gasteiger partial charge in [0.15, 0.2) is 0 Å². The van der Waals surface area contributed by atoms with Crippen LogP contribution in [0.2, 0.25) is 0 Å². The highest BCUT2D eigenvalue weighted by molar-refractivity contribution is 7.99. The first-order chi connectivity index (χ1) is 10.7. The smallest absolute Gasteiger partial charge is 0.303 e. The van der Waals surface area contributed by atoms with E-state index in [1.165, 1.54) is 37.2 Å². The van der Waals surface area contributed by atoms with E-state index in [0.29, 0.717) is 0 Å². The van der Waals surface area contributed by atoms with Gasteiger partial charge in [0.1, 0.15) is 0 Å². The van der Waals surface area contributed by atoms with Gasteiger partial charge in [-0.25, -0.2) is 0 Å². The molecule has 0 aromatic heterocycles. The lowest BCUT2D eigenvalue weighted by Gasteiger charge is -2.17. The third-order valence-corrected chi connectivity index (χ3v) is 5.55. The van der Waals surface area contributed by atoms with Crippen LogP contribution >= 0.6 is 11.8 Å². The number of aliphatic carboxylic acids is 1. The first-order valence-corrected chi connectivity index (χ1v) is 9.91. The number of allylic oxidation sites excluding steroid dienone is 2. The quantitative estimate of drug-likeness (QED) is 0.391. The number of hydrogen-bond donors (Lipinski definition) is 1. The fourth-order valence-corrected chi connectivity index (χ4v) is 4.36. The molecule has 1 aliphatic rings. The largest absolute Gasteiger partial charge is 0.481 e. The van der Waals surface area contributed by atoms with Crippen LogP contribution < -0.4 is 0 Å². The van der Waals surface area contributed by atoms with Crippen LogP contribution in [0.3, 0.4) is 0 Å². The summed E-state index contributed by atoms with van der Waals surface area (Å²) in [5.41, 5.74) is 0. The Hall–Kier alpha value is -0.480. The van der Waals surface area contributed by atoms with Crippen LogP contribution in [-0.4, -0.2) is 35.8 Å². The van der Waals surface area contributed by atoms with Crippen molar-refractivity contribution in [2.75, 3.05) is 24.7 Å². The van der Waals surface area contributed by atoms with Crippen molar-refractivity contribution >= 4 is 17.7 Å². The predicted molar refractivity (Wildman–Crippen MR) is 94.5 cm³/mol. The van der Waals surface area contributed by atoms with E-state index in [-0.39, 0.29) is 6.42 Å². The molecule has 128 valence electrons. The number of thioether (sulfide) groups is 1. The zero-order chi connectivity index (χ0) is 16.0. The van der Waals surface area contributed by atoms with Gasteiger partial charge in [-0.05, 0) is 55.4 Å². The first kappa shape index (κ1) is 19.6. The normalized spacial score (nSPS) is 21.7. The molecule has 0 spiro atoms. The molecule has 2 atom stereocenters. The molecular formula is C18H32O3S. The monoisotopic (exact) mass is 328 g/mol. The lowest BCUT2D eigenvalue weighted by Crippen LogP contribution is -2.14. The Balaban J connectivity index is 2.07. The molecule has 3 nitrogen and oxygen atoms in total. The molecule has 4 heteroatoms. The molecule has 1 aliphatic heterocycles. The number of rotatable bonds is 13. The summed E-state index contributed by atoms with van der Waals surface area (Å²) in [5, 5.41) is 8.59. The zero-order valence-electron chi connectivity index (χ0n) is 14.0. The first-order valence-electron chi connectivity index (χ1n) is 8.76. The molecule has 0 saturated carbocycles. The molecule has 0 radical (unpaired) electrons. The maximum absolute atomic E-state index is 10.4. The van der Waals surface area contributed by atoms with Crippen molar-refractivity contribution in [2.24, 2.45) is 11.8 Å². The molecule has 22 heavy (non-hydrogen) atoms. The highest BCUT2D eigenvalue weighted by atomic mass is 32.2. The molecule has 0 aliphatic carbocycles. The Kier molecular flexibility index (Phi) is 11.6. The van der Waals surface area contributed by atoms with Crippen LogP contribution in [0, 0.1) is 11.8 Å². The number of unbranched alkanes of at least 4 members (excludes halogenated alkanes) is 3. The van der Waals surface area contributed by atoms with Crippen LogP contribution in [0.4, 0.5) is 0 Å². The Morgan fingerprint density at radius 1 is 1.18 bits per heavy atom. The van der Waals surface area contributed by atoms with E-state index in [0.717, 1.165) is 44.3 Å². The molecule has 1 fully saturated rings. The number of ether oxygens (including phenoxy) is 1. The van der Waals surface area contributed by atoms with Gasteiger partial charge in [0.05, 0.1) is 0 Å². The van der Waals surface area contributed by atoms with E-state index in [4.69, 9.17) is 9.84 Å². The number of carboxylic acid groups (broad SMARTS) is 1. The third-order valence-electron chi connectivity index (χ3n) is 4.22. The summed E-state index contributed by atoms with van der Waals surface area (Å²) < 4.78 is 5.74. The van der Waals surface area contributed by atoms with E-state index < -0.39 is 5.97 Å². The fourth-order valence-electron chi connectivity index (χ4n) is 2.77. The van der Waals surface area contributed by atoms with Gasteiger partial charge in [0, 0.05) is 19.6 Å². The summed E-state index contributed by atoms with van der Waals surface area (Å²) in [6.07, 6.45) is 12.4. The molecule has 0 amide bonds. The molecule has 1 saturated heterocycles. The van der Waals surface area contributed by atoms with Gasteiger partial charge >= 0.3 is 5.97 Å². The summed E-state index contributed by atoms with van der Waals surface area (Å²) in [5.74, 6) is 3.41. The van der Waals surface area contributed by atoms with Crippen LogP contribution in [-0.2, 0) is 9.53 Å². The number of carbonyl (C=O) groups is 1. The van der Waals surface area contributed by atoms with Crippen molar-refractivity contribution in [3.05, 3.63) is 12.2 Å². The molecule has 0 aromatic carbocycles. The van der Waals surface area contributed by atoms with Crippen LogP contribution in [0.15, 0.2) is 12.2 Å². The minimum Gasteiger partial charge on any atom is -0.481 e. The van der Waals surface area contributed by atoms with Gasteiger partial charge in [-0.3, -0.25) is 4.79 Å². The standard InChI is InChI=1S/C18H32O3S/c1-2-3-8-12-21-13-11-17-15-22-14-16(17)9-6-4-5-7-10-18(19)20/h4,6,16-17H,2-3,5,7-15H2,1H3,(H,19,20)/b6-4-/t16-,17+/m0/s1. The fraction of sp³-hybridized carbons (Fsp3) is 0.833. The molecule has 1 rings (SSSR count). The summed E-state index contributed by atoms with van der Waals surface area (Å²) in [7, 11) is 0. The molecular weight excluding hydrogens is 296 g/mol. The van der Waals surface area contributed by atoms with Crippen molar-refractivity contribution < 1.29 is 14.6 Å². The van der Waals surface area contributed by atoms with E-state index in [2.05, 4.69) is 30.8 Å². The van der Waals surface area contributed by atoms with Gasteiger partial charge < -0.3 is 9.84 Å². The second-order valence-electron chi connectivity index (χ2n) is 6.16. The predicted octanol–water partition coefficient (Wildman–Crippen LogP) is 4.76. The third kappa shape index (κ3) is 9.52. The minimum absolute atomic E-state index is 0.279. The highest BCUT2D eigenvalue weighted by Gasteiger charge is 2.26. The SMILES string of the molecule is CCCCCOCC[C@@H]1CSC[C@@H]1C/C=C\CCCC(=O)O. The maximum atomic E-state index is 10.4. The van der Waals surface area contributed by atoms with E-state index >= 15 is 0 Å². The Morgan fingerprint density at radius 3 is 2.77 bits per heavy atom. The van der Waals surface area contributed by atoms with Crippen molar-refractivity contribution in [2.45, 2.75) is 58.3 Å². The molecule has 0 unspecified atom stereocenters. The summed E-state index contributed by atoms with van der Waals surface area (Å²) >= 11 is 2.07. The van der Waals surface area contributed by atoms with Crippen molar-refractivity contribution in [1.29, 1.82) is 0 Å². The van der Waals surface area contributed by atoms with Crippen LogP contribution in [0.5, 0.6) is 0 Å². The minimum atomic E-state index is -0.695. The summed E-state index contributed by atoms with van der Waals surface area (Å²) in [6, 6.07) is 0. The Bertz CT molecular complexity index is 317. The average Bonchev–Trinajstić information content (AvgIpc) is 2.93. The van der Waals surface area contributed by atoms with Crippen molar-refractivity contribution in [3.8, 4) is 0 Å². The van der Waals surface area contributed by atoms with Gasteiger partial charge in [-0.1, -0.05) is 31.9 Å². The average molecular weight is 329 g/mol. The van der Waals surface area contributed by atoms with Crippen LogP contribution in [0.25, 0.3) is 0 Å². The van der Waals surface area contributed by atoms with Gasteiger partial charge in [0.2, 0.25) is 0 Å².